The van der Waals surface area contributed by atoms with E-state index in [0.29, 0.717) is 44.9 Å². The average Bonchev–Trinajstić information content (AvgIpc) is 2.88. The third kappa shape index (κ3) is 5.09. The minimum Gasteiger partial charge on any atom is -0.334 e. The van der Waals surface area contributed by atoms with Gasteiger partial charge in [-0.05, 0) is 72.3 Å². The average molecular weight is 468 g/mol. The first kappa shape index (κ1) is 22.0. The Balaban J connectivity index is 1.47. The summed E-state index contributed by atoms with van der Waals surface area (Å²) in [6, 6.07) is 16.7. The van der Waals surface area contributed by atoms with Gasteiger partial charge in [-0.1, -0.05) is 0 Å². The molecule has 2 N–H and O–H groups in total. The Bertz CT molecular complexity index is 1490. The first-order chi connectivity index (χ1) is 17.0. The topological polar surface area (TPSA) is 92.7 Å². The van der Waals surface area contributed by atoms with Gasteiger partial charge in [0.1, 0.15) is 17.2 Å². The van der Waals surface area contributed by atoms with Crippen LogP contribution in [0.5, 0.6) is 0 Å². The van der Waals surface area contributed by atoms with Crippen molar-refractivity contribution in [2.45, 2.75) is 6.54 Å². The Kier molecular flexibility index (Phi) is 6.04. The van der Waals surface area contributed by atoms with E-state index in [9.17, 15) is 13.6 Å². The zero-order chi connectivity index (χ0) is 24.2. The maximum absolute atomic E-state index is 13.5. The molecule has 3 heterocycles. The highest BCUT2D eigenvalue weighted by atomic mass is 19.1. The fraction of sp³-hybridized carbons (Fsp3) is 0.0385. The molecule has 0 radical (unpaired) electrons. The Hall–Kier alpha value is -4.79. The van der Waals surface area contributed by atoms with E-state index in [2.05, 4.69) is 25.6 Å². The van der Waals surface area contributed by atoms with Crippen LogP contribution in [-0.2, 0) is 6.54 Å². The third-order valence-corrected chi connectivity index (χ3v) is 5.19. The number of benzene rings is 2. The number of urea groups is 1. The van der Waals surface area contributed by atoms with Crippen molar-refractivity contribution in [1.29, 1.82) is 0 Å². The fourth-order valence-corrected chi connectivity index (χ4v) is 3.50. The van der Waals surface area contributed by atoms with Gasteiger partial charge >= 0.3 is 6.03 Å². The van der Waals surface area contributed by atoms with Crippen LogP contribution in [-0.4, -0.2) is 26.0 Å². The molecule has 2 amide bonds. The van der Waals surface area contributed by atoms with Gasteiger partial charge in [0.15, 0.2) is 5.65 Å². The van der Waals surface area contributed by atoms with Crippen molar-refractivity contribution in [2.24, 2.45) is 0 Å². The number of fused-ring (bicyclic) bond motifs is 1. The summed E-state index contributed by atoms with van der Waals surface area (Å²) in [5.41, 5.74) is 4.49. The van der Waals surface area contributed by atoms with Crippen LogP contribution in [0.25, 0.3) is 33.7 Å². The van der Waals surface area contributed by atoms with Crippen LogP contribution in [0.2, 0.25) is 0 Å². The number of carbonyl (C=O) groups is 1. The number of rotatable bonds is 5. The lowest BCUT2D eigenvalue weighted by atomic mass is 10.0. The summed E-state index contributed by atoms with van der Waals surface area (Å²) in [6.45, 7) is 0.211. The number of hydrogen-bond acceptors (Lipinski definition) is 5. The van der Waals surface area contributed by atoms with Crippen molar-refractivity contribution in [3.63, 3.8) is 0 Å². The molecule has 2 aromatic carbocycles. The maximum atomic E-state index is 13.5. The first-order valence-corrected chi connectivity index (χ1v) is 10.7. The van der Waals surface area contributed by atoms with Gasteiger partial charge in [-0.15, -0.1) is 0 Å². The van der Waals surface area contributed by atoms with E-state index in [0.717, 1.165) is 0 Å². The molecule has 7 nitrogen and oxygen atoms in total. The predicted octanol–water partition coefficient (Wildman–Crippen LogP) is 5.35. The van der Waals surface area contributed by atoms with Crippen molar-refractivity contribution < 1.29 is 13.6 Å². The molecule has 0 saturated heterocycles. The number of nitrogens with zero attached hydrogens (tertiary/aromatic N) is 4. The second-order valence-corrected chi connectivity index (χ2v) is 7.67. The largest absolute Gasteiger partial charge is 0.334 e. The summed E-state index contributed by atoms with van der Waals surface area (Å²) >= 11 is 0. The lowest BCUT2D eigenvalue weighted by Gasteiger charge is -2.11. The minimum absolute atomic E-state index is 0.211. The lowest BCUT2D eigenvalue weighted by Crippen LogP contribution is -2.28. The van der Waals surface area contributed by atoms with Gasteiger partial charge in [-0.3, -0.25) is 4.98 Å². The highest BCUT2D eigenvalue weighted by Crippen LogP contribution is 2.31. The molecule has 0 aliphatic carbocycles. The van der Waals surface area contributed by atoms with Gasteiger partial charge < -0.3 is 10.6 Å². The van der Waals surface area contributed by atoms with Gasteiger partial charge in [0.2, 0.25) is 0 Å². The van der Waals surface area contributed by atoms with Crippen LogP contribution in [0.3, 0.4) is 0 Å². The third-order valence-electron chi connectivity index (χ3n) is 5.19. The molecular weight excluding hydrogens is 450 g/mol. The number of anilines is 1. The van der Waals surface area contributed by atoms with Gasteiger partial charge in [0, 0.05) is 30.1 Å². The summed E-state index contributed by atoms with van der Waals surface area (Å²) in [4.78, 5) is 30.0. The maximum Gasteiger partial charge on any atom is 0.319 e. The SMILES string of the molecule is O=C(NCc1cnc2nc(-c3ccc(F)cc3)c(-c3ccc(F)cc3)nc2c1)Nc1cccnc1. The van der Waals surface area contributed by atoms with Crippen molar-refractivity contribution in [3.05, 3.63) is 103 Å². The van der Waals surface area contributed by atoms with Gasteiger partial charge in [0.05, 0.1) is 23.3 Å². The first-order valence-electron chi connectivity index (χ1n) is 10.7. The summed E-state index contributed by atoms with van der Waals surface area (Å²) in [5, 5.41) is 5.46. The second kappa shape index (κ2) is 9.60. The molecule has 0 atom stereocenters. The molecular formula is C26H18F2N6O. The fourth-order valence-electron chi connectivity index (χ4n) is 3.50. The number of pyridine rings is 2. The number of halogens is 2. The summed E-state index contributed by atoms with van der Waals surface area (Å²) in [5.74, 6) is -0.737. The number of nitrogens with one attached hydrogen (secondary N) is 2. The summed E-state index contributed by atoms with van der Waals surface area (Å²) < 4.78 is 27.0. The van der Waals surface area contributed by atoms with Gasteiger partial charge in [0.25, 0.3) is 0 Å². The molecule has 35 heavy (non-hydrogen) atoms. The second-order valence-electron chi connectivity index (χ2n) is 7.67. The predicted molar refractivity (Wildman–Crippen MR) is 128 cm³/mol. The number of amides is 2. The Morgan fingerprint density at radius 3 is 2.11 bits per heavy atom. The van der Waals surface area contributed by atoms with Crippen LogP contribution >= 0.6 is 0 Å². The molecule has 9 heteroatoms. The van der Waals surface area contributed by atoms with E-state index >= 15 is 0 Å². The molecule has 5 rings (SSSR count). The van der Waals surface area contributed by atoms with Crippen LogP contribution < -0.4 is 10.6 Å². The van der Waals surface area contributed by atoms with Gasteiger partial charge in [-0.25, -0.2) is 28.5 Å². The highest BCUT2D eigenvalue weighted by Gasteiger charge is 2.15. The molecule has 5 aromatic rings. The Labute approximate surface area is 198 Å². The van der Waals surface area contributed by atoms with Crippen molar-refractivity contribution >= 4 is 22.9 Å². The van der Waals surface area contributed by atoms with Gasteiger partial charge in [-0.2, -0.15) is 0 Å². The van der Waals surface area contributed by atoms with E-state index in [1.54, 1.807) is 61.1 Å². The zero-order valence-electron chi connectivity index (χ0n) is 18.2. The lowest BCUT2D eigenvalue weighted by molar-refractivity contribution is 0.251. The monoisotopic (exact) mass is 468 g/mol. The summed E-state index contributed by atoms with van der Waals surface area (Å²) in [6.07, 6.45) is 4.77. The number of hydrogen-bond donors (Lipinski definition) is 2. The van der Waals surface area contributed by atoms with E-state index < -0.39 is 0 Å². The molecule has 0 spiro atoms. The standard InChI is InChI=1S/C26H18F2N6O/c27-19-7-3-17(4-8-19)23-24(18-5-9-20(28)10-6-18)34-25-22(33-23)12-16(13-30-25)14-31-26(35)32-21-2-1-11-29-15-21/h1-13,15H,14H2,(H2,31,32,35). The van der Waals surface area contributed by atoms with Crippen molar-refractivity contribution in [2.75, 3.05) is 5.32 Å². The molecule has 0 aliphatic rings. The highest BCUT2D eigenvalue weighted by molar-refractivity contribution is 5.89. The van der Waals surface area contributed by atoms with Crippen LogP contribution in [0, 0.1) is 11.6 Å². The van der Waals surface area contributed by atoms with Crippen LogP contribution in [0.4, 0.5) is 19.3 Å². The molecule has 172 valence electrons. The summed E-state index contributed by atoms with van der Waals surface area (Å²) in [7, 11) is 0. The quantitative estimate of drug-likeness (QED) is 0.363. The molecule has 3 aromatic heterocycles. The Morgan fingerprint density at radius 2 is 1.49 bits per heavy atom. The molecule has 0 fully saturated rings. The number of aromatic nitrogens is 4. The normalized spacial score (nSPS) is 10.8. The van der Waals surface area contributed by atoms with E-state index in [1.807, 2.05) is 0 Å². The molecule has 0 aliphatic heterocycles. The minimum atomic E-state index is -0.386. The van der Waals surface area contributed by atoms with E-state index in [1.165, 1.54) is 24.3 Å². The smallest absolute Gasteiger partial charge is 0.319 e. The van der Waals surface area contributed by atoms with E-state index in [-0.39, 0.29) is 24.2 Å². The Morgan fingerprint density at radius 1 is 0.829 bits per heavy atom. The van der Waals surface area contributed by atoms with Crippen molar-refractivity contribution in [1.82, 2.24) is 25.3 Å². The van der Waals surface area contributed by atoms with Crippen LogP contribution in [0.1, 0.15) is 5.56 Å². The van der Waals surface area contributed by atoms with Crippen molar-refractivity contribution in [3.8, 4) is 22.5 Å². The van der Waals surface area contributed by atoms with E-state index in [4.69, 9.17) is 4.98 Å². The van der Waals surface area contributed by atoms with Crippen LogP contribution in [0.15, 0.2) is 85.3 Å². The molecule has 0 bridgehead atoms. The molecule has 0 unspecified atom stereocenters. The number of carbonyl (C=O) groups excluding carboxylic acids is 1. The molecule has 0 saturated carbocycles. The zero-order valence-corrected chi connectivity index (χ0v) is 18.2.